The highest BCUT2D eigenvalue weighted by Crippen LogP contribution is 2.37. The maximum absolute atomic E-state index is 12.1. The number of carbonyl (C=O) groups is 1. The largest absolute Gasteiger partial charge is 0.446 e. The third-order valence-corrected chi connectivity index (χ3v) is 3.84. The van der Waals surface area contributed by atoms with Crippen molar-refractivity contribution in [3.63, 3.8) is 0 Å². The van der Waals surface area contributed by atoms with E-state index in [2.05, 4.69) is 0 Å². The molecule has 0 aliphatic heterocycles. The number of hydrogen-bond acceptors (Lipinski definition) is 2. The van der Waals surface area contributed by atoms with Gasteiger partial charge in [-0.3, -0.25) is 4.79 Å². The zero-order valence-corrected chi connectivity index (χ0v) is 10.5. The SMILES string of the molecule is O=C(c1ccc(SC(F)(F)F)cc1)C1CCCC1. The van der Waals surface area contributed by atoms with Gasteiger partial charge in [0.2, 0.25) is 0 Å². The molecular formula is C13H13F3OS. The zero-order chi connectivity index (χ0) is 13.2. The van der Waals surface area contributed by atoms with Crippen LogP contribution in [-0.4, -0.2) is 11.3 Å². The Bertz CT molecular complexity index is 419. The lowest BCUT2D eigenvalue weighted by Gasteiger charge is -2.09. The molecule has 5 heteroatoms. The number of benzene rings is 1. The fraction of sp³-hybridized carbons (Fsp3) is 0.462. The fourth-order valence-electron chi connectivity index (χ4n) is 2.24. The number of ketones is 1. The predicted molar refractivity (Wildman–Crippen MR) is 64.6 cm³/mol. The summed E-state index contributed by atoms with van der Waals surface area (Å²) >= 11 is -0.158. The number of Topliss-reactive ketones (excluding diaryl/α,β-unsaturated/α-hetero) is 1. The average molecular weight is 274 g/mol. The van der Waals surface area contributed by atoms with E-state index in [-0.39, 0.29) is 28.4 Å². The molecular weight excluding hydrogens is 261 g/mol. The summed E-state index contributed by atoms with van der Waals surface area (Å²) in [4.78, 5) is 12.1. The van der Waals surface area contributed by atoms with Gasteiger partial charge in [0.15, 0.2) is 5.78 Å². The van der Waals surface area contributed by atoms with Gasteiger partial charge in [-0.1, -0.05) is 25.0 Å². The van der Waals surface area contributed by atoms with E-state index in [1.165, 1.54) is 24.3 Å². The smallest absolute Gasteiger partial charge is 0.294 e. The number of carbonyl (C=O) groups excluding carboxylic acids is 1. The molecule has 0 radical (unpaired) electrons. The highest BCUT2D eigenvalue weighted by molar-refractivity contribution is 8.00. The molecule has 0 heterocycles. The highest BCUT2D eigenvalue weighted by Gasteiger charge is 2.29. The summed E-state index contributed by atoms with van der Waals surface area (Å²) in [5, 5.41) is 0. The van der Waals surface area contributed by atoms with Crippen LogP contribution in [0.15, 0.2) is 29.2 Å². The minimum absolute atomic E-state index is 0.0612. The van der Waals surface area contributed by atoms with Gasteiger partial charge in [-0.05, 0) is 36.7 Å². The Morgan fingerprint density at radius 1 is 1.11 bits per heavy atom. The van der Waals surface area contributed by atoms with E-state index >= 15 is 0 Å². The first-order valence-electron chi connectivity index (χ1n) is 5.86. The summed E-state index contributed by atoms with van der Waals surface area (Å²) in [5.41, 5.74) is -3.76. The van der Waals surface area contributed by atoms with Crippen LogP contribution in [0.2, 0.25) is 0 Å². The number of alkyl halides is 3. The summed E-state index contributed by atoms with van der Waals surface area (Å²) in [6.45, 7) is 0. The standard InChI is InChI=1S/C13H13F3OS/c14-13(15,16)18-11-7-5-10(6-8-11)12(17)9-3-1-2-4-9/h5-9H,1-4H2. The fourth-order valence-corrected chi connectivity index (χ4v) is 2.78. The molecule has 0 atom stereocenters. The number of halogens is 3. The lowest BCUT2D eigenvalue weighted by molar-refractivity contribution is -0.0328. The van der Waals surface area contributed by atoms with E-state index in [4.69, 9.17) is 0 Å². The van der Waals surface area contributed by atoms with Gasteiger partial charge < -0.3 is 0 Å². The van der Waals surface area contributed by atoms with Gasteiger partial charge in [-0.15, -0.1) is 0 Å². The van der Waals surface area contributed by atoms with Crippen molar-refractivity contribution in [2.45, 2.75) is 36.1 Å². The van der Waals surface area contributed by atoms with Crippen LogP contribution in [0, 0.1) is 5.92 Å². The van der Waals surface area contributed by atoms with Crippen LogP contribution in [0.25, 0.3) is 0 Å². The first kappa shape index (κ1) is 13.5. The second kappa shape index (κ2) is 5.34. The summed E-state index contributed by atoms with van der Waals surface area (Å²) in [5.74, 6) is 0.127. The van der Waals surface area contributed by atoms with E-state index in [0.29, 0.717) is 5.56 Å². The van der Waals surface area contributed by atoms with Crippen molar-refractivity contribution in [3.05, 3.63) is 29.8 Å². The first-order chi connectivity index (χ1) is 8.46. The number of thioether (sulfide) groups is 1. The van der Waals surface area contributed by atoms with Crippen molar-refractivity contribution < 1.29 is 18.0 Å². The first-order valence-corrected chi connectivity index (χ1v) is 6.67. The van der Waals surface area contributed by atoms with E-state index in [9.17, 15) is 18.0 Å². The second-order valence-corrected chi connectivity index (χ2v) is 5.56. The number of hydrogen-bond donors (Lipinski definition) is 0. The van der Waals surface area contributed by atoms with Crippen molar-refractivity contribution >= 4 is 17.5 Å². The quantitative estimate of drug-likeness (QED) is 0.588. The lowest BCUT2D eigenvalue weighted by Crippen LogP contribution is -2.10. The minimum Gasteiger partial charge on any atom is -0.294 e. The van der Waals surface area contributed by atoms with Crippen LogP contribution in [0.5, 0.6) is 0 Å². The Balaban J connectivity index is 2.05. The molecule has 1 aliphatic carbocycles. The molecule has 1 nitrogen and oxygen atoms in total. The summed E-state index contributed by atoms with van der Waals surface area (Å²) in [7, 11) is 0. The van der Waals surface area contributed by atoms with Gasteiger partial charge in [0.05, 0.1) is 0 Å². The van der Waals surface area contributed by atoms with E-state index in [1.54, 1.807) is 0 Å². The molecule has 0 bridgehead atoms. The van der Waals surface area contributed by atoms with Gasteiger partial charge in [-0.2, -0.15) is 13.2 Å². The van der Waals surface area contributed by atoms with Crippen molar-refractivity contribution in [1.29, 1.82) is 0 Å². The predicted octanol–water partition coefficient (Wildman–Crippen LogP) is 4.67. The third kappa shape index (κ3) is 3.51. The topological polar surface area (TPSA) is 17.1 Å². The molecule has 0 spiro atoms. The molecule has 0 amide bonds. The molecule has 0 aromatic heterocycles. The molecule has 1 aliphatic rings. The maximum atomic E-state index is 12.1. The molecule has 1 saturated carbocycles. The maximum Gasteiger partial charge on any atom is 0.446 e. The Morgan fingerprint density at radius 2 is 1.67 bits per heavy atom. The summed E-state index contributed by atoms with van der Waals surface area (Å²) in [6, 6.07) is 5.71. The zero-order valence-electron chi connectivity index (χ0n) is 9.67. The Morgan fingerprint density at radius 3 is 2.17 bits per heavy atom. The van der Waals surface area contributed by atoms with Crippen molar-refractivity contribution in [1.82, 2.24) is 0 Å². The molecule has 98 valence electrons. The van der Waals surface area contributed by atoms with Crippen LogP contribution >= 0.6 is 11.8 Å². The second-order valence-electron chi connectivity index (χ2n) is 4.42. The van der Waals surface area contributed by atoms with Gasteiger partial charge in [-0.25, -0.2) is 0 Å². The highest BCUT2D eigenvalue weighted by atomic mass is 32.2. The van der Waals surface area contributed by atoms with Gasteiger partial charge >= 0.3 is 5.51 Å². The average Bonchev–Trinajstić information content (AvgIpc) is 2.80. The van der Waals surface area contributed by atoms with Crippen LogP contribution in [0.3, 0.4) is 0 Å². The lowest BCUT2D eigenvalue weighted by atomic mass is 9.96. The van der Waals surface area contributed by atoms with Crippen molar-refractivity contribution in [2.75, 3.05) is 0 Å². The van der Waals surface area contributed by atoms with Gasteiger partial charge in [0.1, 0.15) is 0 Å². The monoisotopic (exact) mass is 274 g/mol. The van der Waals surface area contributed by atoms with Crippen LogP contribution in [0.1, 0.15) is 36.0 Å². The van der Waals surface area contributed by atoms with Gasteiger partial charge in [0, 0.05) is 16.4 Å². The summed E-state index contributed by atoms with van der Waals surface area (Å²) in [6.07, 6.45) is 3.94. The molecule has 0 N–H and O–H groups in total. The van der Waals surface area contributed by atoms with Crippen LogP contribution < -0.4 is 0 Å². The van der Waals surface area contributed by atoms with E-state index < -0.39 is 5.51 Å². The van der Waals surface area contributed by atoms with E-state index in [1.807, 2.05) is 0 Å². The molecule has 2 rings (SSSR count). The Labute approximate surface area is 108 Å². The third-order valence-electron chi connectivity index (χ3n) is 3.10. The molecule has 0 unspecified atom stereocenters. The molecule has 0 saturated heterocycles. The summed E-state index contributed by atoms with van der Waals surface area (Å²) < 4.78 is 36.4. The van der Waals surface area contributed by atoms with Gasteiger partial charge in [0.25, 0.3) is 0 Å². The molecule has 1 aromatic carbocycles. The normalized spacial score (nSPS) is 17.1. The molecule has 18 heavy (non-hydrogen) atoms. The molecule has 1 aromatic rings. The Kier molecular flexibility index (Phi) is 4.00. The molecule has 1 fully saturated rings. The van der Waals surface area contributed by atoms with Crippen molar-refractivity contribution in [3.8, 4) is 0 Å². The number of rotatable bonds is 3. The van der Waals surface area contributed by atoms with Crippen molar-refractivity contribution in [2.24, 2.45) is 5.92 Å². The minimum atomic E-state index is -4.28. The Hall–Kier alpha value is -0.970. The van der Waals surface area contributed by atoms with Crippen LogP contribution in [-0.2, 0) is 0 Å². The van der Waals surface area contributed by atoms with E-state index in [0.717, 1.165) is 25.7 Å². The van der Waals surface area contributed by atoms with Crippen LogP contribution in [0.4, 0.5) is 13.2 Å².